The fourth-order valence-electron chi connectivity index (χ4n) is 5.18. The van der Waals surface area contributed by atoms with Crippen LogP contribution in [0.4, 0.5) is 5.13 Å². The van der Waals surface area contributed by atoms with Gasteiger partial charge < -0.3 is 24.1 Å². The highest BCUT2D eigenvalue weighted by molar-refractivity contribution is 7.17. The molecule has 1 saturated heterocycles. The second-order valence-electron chi connectivity index (χ2n) is 9.99. The van der Waals surface area contributed by atoms with Gasteiger partial charge in [0.1, 0.15) is 29.1 Å². The molecule has 43 heavy (non-hydrogen) atoms. The number of thiazole rings is 1. The summed E-state index contributed by atoms with van der Waals surface area (Å²) in [5.74, 6) is -1.11. The molecule has 2 aromatic carbocycles. The topological polar surface area (TPSA) is 124 Å². The molecular formula is C32H32N2O8S. The summed E-state index contributed by atoms with van der Waals surface area (Å²) in [5, 5.41) is 11.7. The third-order valence-electron chi connectivity index (χ3n) is 7.01. The number of ketones is 1. The molecule has 1 N–H and O–H groups in total. The summed E-state index contributed by atoms with van der Waals surface area (Å²) in [4.78, 5) is 46.0. The number of hydrogen-bond donors (Lipinski definition) is 1. The lowest BCUT2D eigenvalue weighted by molar-refractivity contribution is -0.132. The van der Waals surface area contributed by atoms with Crippen LogP contribution in [0.5, 0.6) is 17.2 Å². The van der Waals surface area contributed by atoms with Crippen LogP contribution in [0.15, 0.2) is 54.6 Å². The van der Waals surface area contributed by atoms with Crippen molar-refractivity contribution >= 4 is 39.9 Å². The molecule has 3 heterocycles. The molecule has 224 valence electrons. The van der Waals surface area contributed by atoms with Crippen LogP contribution in [-0.4, -0.2) is 53.7 Å². The van der Waals surface area contributed by atoms with Gasteiger partial charge in [-0.25, -0.2) is 9.78 Å². The summed E-state index contributed by atoms with van der Waals surface area (Å²) in [5.41, 5.74) is 1.96. The van der Waals surface area contributed by atoms with Crippen molar-refractivity contribution in [2.24, 2.45) is 0 Å². The molecule has 2 atom stereocenters. The quantitative estimate of drug-likeness (QED) is 0.104. The van der Waals surface area contributed by atoms with Gasteiger partial charge in [0, 0.05) is 12.0 Å². The van der Waals surface area contributed by atoms with Crippen LogP contribution in [0.1, 0.15) is 58.9 Å². The van der Waals surface area contributed by atoms with E-state index < -0.39 is 23.7 Å². The maximum absolute atomic E-state index is 13.7. The van der Waals surface area contributed by atoms with Crippen molar-refractivity contribution in [3.05, 3.63) is 81.9 Å². The van der Waals surface area contributed by atoms with E-state index >= 15 is 0 Å². The third kappa shape index (κ3) is 5.60. The van der Waals surface area contributed by atoms with Gasteiger partial charge in [0.05, 0.1) is 30.5 Å². The van der Waals surface area contributed by atoms with Gasteiger partial charge in [0.15, 0.2) is 16.6 Å². The molecule has 2 aliphatic heterocycles. The van der Waals surface area contributed by atoms with Crippen molar-refractivity contribution in [2.45, 2.75) is 46.3 Å². The summed E-state index contributed by atoms with van der Waals surface area (Å²) in [6.45, 7) is 11.6. The molecular weight excluding hydrogens is 572 g/mol. The third-order valence-corrected chi connectivity index (χ3v) is 8.14. The molecule has 0 unspecified atom stereocenters. The highest BCUT2D eigenvalue weighted by Crippen LogP contribution is 2.46. The van der Waals surface area contributed by atoms with Gasteiger partial charge >= 0.3 is 11.9 Å². The number of nitrogens with zero attached hydrogens (tertiary/aromatic N) is 2. The molecule has 2 aliphatic rings. The van der Waals surface area contributed by atoms with Crippen LogP contribution < -0.4 is 19.1 Å². The van der Waals surface area contributed by atoms with Crippen molar-refractivity contribution in [1.82, 2.24) is 4.98 Å². The number of aliphatic hydroxyl groups is 1. The van der Waals surface area contributed by atoms with E-state index in [9.17, 15) is 19.5 Å². The highest BCUT2D eigenvalue weighted by Gasteiger charge is 2.49. The van der Waals surface area contributed by atoms with Crippen molar-refractivity contribution in [3.8, 4) is 17.2 Å². The first kappa shape index (κ1) is 29.8. The summed E-state index contributed by atoms with van der Waals surface area (Å²) in [6, 6.07) is 9.18. The number of hydrogen-bond acceptors (Lipinski definition) is 10. The number of ether oxygens (including phenoxy) is 4. The fraction of sp³-hybridized carbons (Fsp3) is 0.312. The Bertz CT molecular complexity index is 1640. The van der Waals surface area contributed by atoms with Crippen LogP contribution in [0.25, 0.3) is 5.76 Å². The van der Waals surface area contributed by atoms with Crippen LogP contribution in [0, 0.1) is 6.92 Å². The lowest BCUT2D eigenvalue weighted by Crippen LogP contribution is -2.29. The zero-order chi connectivity index (χ0) is 30.8. The predicted octanol–water partition coefficient (Wildman–Crippen LogP) is 5.54. The fourth-order valence-corrected chi connectivity index (χ4v) is 6.17. The molecule has 1 fully saturated rings. The van der Waals surface area contributed by atoms with Crippen molar-refractivity contribution in [3.63, 3.8) is 0 Å². The van der Waals surface area contributed by atoms with Crippen LogP contribution >= 0.6 is 11.3 Å². The number of anilines is 1. The Labute approximate surface area is 253 Å². The van der Waals surface area contributed by atoms with Gasteiger partial charge in [-0.15, -0.1) is 0 Å². The Morgan fingerprint density at radius 3 is 2.63 bits per heavy atom. The normalized spacial score (nSPS) is 18.7. The minimum absolute atomic E-state index is 0.00695. The van der Waals surface area contributed by atoms with Crippen LogP contribution in [0.2, 0.25) is 0 Å². The van der Waals surface area contributed by atoms with E-state index in [2.05, 4.69) is 11.6 Å². The van der Waals surface area contributed by atoms with Crippen LogP contribution in [-0.2, 0) is 20.7 Å². The number of Topliss-reactive ketones (excluding diaryl/α,β-unsaturated/α-hetero) is 1. The molecule has 3 aromatic rings. The lowest BCUT2D eigenvalue weighted by Gasteiger charge is -2.24. The van der Waals surface area contributed by atoms with Crippen LogP contribution in [0.3, 0.4) is 0 Å². The van der Waals surface area contributed by atoms with Gasteiger partial charge in [-0.2, -0.15) is 0 Å². The van der Waals surface area contributed by atoms with Gasteiger partial charge in [-0.1, -0.05) is 30.1 Å². The molecule has 5 rings (SSSR count). The van der Waals surface area contributed by atoms with E-state index in [0.29, 0.717) is 53.7 Å². The lowest BCUT2D eigenvalue weighted by atomic mass is 9.94. The maximum atomic E-state index is 13.7. The van der Waals surface area contributed by atoms with Gasteiger partial charge in [0.25, 0.3) is 5.78 Å². The summed E-state index contributed by atoms with van der Waals surface area (Å²) in [6.07, 6.45) is 2.08. The predicted molar refractivity (Wildman–Crippen MR) is 161 cm³/mol. The number of aromatic nitrogens is 1. The monoisotopic (exact) mass is 604 g/mol. The molecule has 0 spiro atoms. The first-order valence-electron chi connectivity index (χ1n) is 13.9. The summed E-state index contributed by atoms with van der Waals surface area (Å²) < 4.78 is 22.5. The maximum Gasteiger partial charge on any atom is 0.350 e. The molecule has 11 heteroatoms. The second kappa shape index (κ2) is 12.3. The molecule has 1 amide bonds. The smallest absolute Gasteiger partial charge is 0.350 e. The van der Waals surface area contributed by atoms with E-state index in [1.54, 1.807) is 43.3 Å². The number of aliphatic hydroxyl groups excluding tert-OH is 1. The number of rotatable bonds is 10. The van der Waals surface area contributed by atoms with E-state index in [0.717, 1.165) is 16.9 Å². The molecule has 0 radical (unpaired) electrons. The van der Waals surface area contributed by atoms with E-state index in [1.165, 1.54) is 11.0 Å². The second-order valence-corrected chi connectivity index (χ2v) is 11.0. The Balaban J connectivity index is 1.68. The Morgan fingerprint density at radius 2 is 1.91 bits per heavy atom. The SMILES string of the molecule is C=CCOC(=O)c1sc(N2C(=O)C(=O)/C(=C(/O)c3ccc4c(c3)C[C@H](C)O4)[C@H]2c2ccc(OCC)c(OCC)c2)nc1C. The summed E-state index contributed by atoms with van der Waals surface area (Å²) in [7, 11) is 0. The zero-order valence-electron chi connectivity index (χ0n) is 24.3. The van der Waals surface area contributed by atoms with Gasteiger partial charge in [0.2, 0.25) is 0 Å². The number of aryl methyl sites for hydroxylation is 1. The van der Waals surface area contributed by atoms with Crippen molar-refractivity contribution < 1.29 is 38.4 Å². The standard InChI is InChI=1S/C32H32N2O8S/c1-6-13-41-31(38)29-18(5)33-32(43-29)34-26(19-9-12-23(39-7-2)24(16-19)40-8-3)25(28(36)30(34)37)27(35)20-10-11-22-21(15-20)14-17(4)42-22/h6,9-12,15-17,26,35H,1,7-8,13-14H2,2-5H3/b27-25+/t17-,26+/m0/s1. The number of amides is 1. The molecule has 10 nitrogen and oxygen atoms in total. The molecule has 1 aromatic heterocycles. The number of carbonyl (C=O) groups excluding carboxylic acids is 3. The van der Waals surface area contributed by atoms with Crippen molar-refractivity contribution in [2.75, 3.05) is 24.7 Å². The number of carbonyl (C=O) groups is 3. The number of fused-ring (bicyclic) bond motifs is 1. The average Bonchev–Trinajstić information content (AvgIpc) is 3.64. The number of esters is 1. The van der Waals surface area contributed by atoms with E-state index in [1.807, 2.05) is 20.8 Å². The largest absolute Gasteiger partial charge is 0.507 e. The molecule has 0 bridgehead atoms. The number of benzene rings is 2. The first-order valence-corrected chi connectivity index (χ1v) is 14.8. The van der Waals surface area contributed by atoms with Crippen molar-refractivity contribution in [1.29, 1.82) is 0 Å². The Kier molecular flexibility index (Phi) is 8.54. The average molecular weight is 605 g/mol. The minimum Gasteiger partial charge on any atom is -0.507 e. The minimum atomic E-state index is -1.08. The molecule has 0 saturated carbocycles. The van der Waals surface area contributed by atoms with Gasteiger partial charge in [-0.05, 0) is 69.2 Å². The van der Waals surface area contributed by atoms with E-state index in [-0.39, 0.29) is 34.1 Å². The Morgan fingerprint density at radius 1 is 1.16 bits per heavy atom. The highest BCUT2D eigenvalue weighted by atomic mass is 32.1. The Hall–Kier alpha value is -4.64. The summed E-state index contributed by atoms with van der Waals surface area (Å²) >= 11 is 0.928. The van der Waals surface area contributed by atoms with Gasteiger partial charge in [-0.3, -0.25) is 14.5 Å². The first-order chi connectivity index (χ1) is 20.7. The molecule has 0 aliphatic carbocycles. The van der Waals surface area contributed by atoms with E-state index in [4.69, 9.17) is 18.9 Å². The zero-order valence-corrected chi connectivity index (χ0v) is 25.2.